The number of benzene rings is 2. The molecule has 0 radical (unpaired) electrons. The fourth-order valence-electron chi connectivity index (χ4n) is 2.66. The van der Waals surface area contributed by atoms with Gasteiger partial charge in [0.25, 0.3) is 17.7 Å². The lowest BCUT2D eigenvalue weighted by atomic mass is 10.2. The van der Waals surface area contributed by atoms with Gasteiger partial charge in [-0.3, -0.25) is 14.4 Å². The van der Waals surface area contributed by atoms with E-state index in [2.05, 4.69) is 20.9 Å². The molecule has 10 heteroatoms. The summed E-state index contributed by atoms with van der Waals surface area (Å²) in [4.78, 5) is 41.0. The van der Waals surface area contributed by atoms with Crippen molar-refractivity contribution in [3.8, 4) is 0 Å². The molecule has 0 saturated carbocycles. The summed E-state index contributed by atoms with van der Waals surface area (Å²) < 4.78 is 18.2. The summed E-state index contributed by atoms with van der Waals surface area (Å²) in [5, 5.41) is 7.96. The van der Waals surface area contributed by atoms with Gasteiger partial charge in [-0.25, -0.2) is 9.37 Å². The van der Waals surface area contributed by atoms with Gasteiger partial charge < -0.3 is 20.4 Å². The molecule has 3 rings (SSSR count). The van der Waals surface area contributed by atoms with Gasteiger partial charge in [-0.05, 0) is 55.8 Å². The molecular formula is C22H20ClFN4O4. The van der Waals surface area contributed by atoms with E-state index in [1.54, 1.807) is 24.3 Å². The quantitative estimate of drug-likeness (QED) is 0.482. The predicted molar refractivity (Wildman–Crippen MR) is 117 cm³/mol. The van der Waals surface area contributed by atoms with E-state index in [4.69, 9.17) is 16.0 Å². The fraction of sp³-hybridized carbons (Fsp3) is 0.182. The summed E-state index contributed by atoms with van der Waals surface area (Å²) >= 11 is 5.90. The maximum Gasteiger partial charge on any atom is 0.293 e. The van der Waals surface area contributed by atoms with Crippen LogP contribution in [0.25, 0.3) is 0 Å². The third kappa shape index (κ3) is 5.50. The van der Waals surface area contributed by atoms with Crippen molar-refractivity contribution in [3.05, 3.63) is 76.7 Å². The van der Waals surface area contributed by atoms with Gasteiger partial charge in [0.05, 0.1) is 10.6 Å². The molecule has 0 saturated heterocycles. The molecule has 3 N–H and O–H groups in total. The standard InChI is InChI=1S/C22H20ClFN4O4/c1-3-12(2)26-21(30)18-19(32-11-25-18)22(31)28-15-7-5-14(6-8-15)27-20(29)16-9-4-13(24)10-17(16)23/h4-12H,3H2,1-2H3,(H,26,30)(H,27,29)(H,28,31). The van der Waals surface area contributed by atoms with Crippen LogP contribution in [0.5, 0.6) is 0 Å². The lowest BCUT2D eigenvalue weighted by molar-refractivity contribution is 0.0916. The van der Waals surface area contributed by atoms with Crippen molar-refractivity contribution >= 4 is 40.7 Å². The Labute approximate surface area is 188 Å². The Morgan fingerprint density at radius 3 is 2.25 bits per heavy atom. The van der Waals surface area contributed by atoms with Gasteiger partial charge in [0.2, 0.25) is 5.76 Å². The first-order valence-electron chi connectivity index (χ1n) is 9.70. The highest BCUT2D eigenvalue weighted by Gasteiger charge is 2.23. The molecule has 0 aliphatic rings. The number of aromatic nitrogens is 1. The van der Waals surface area contributed by atoms with Crippen LogP contribution in [-0.4, -0.2) is 28.7 Å². The fourth-order valence-corrected chi connectivity index (χ4v) is 2.91. The average molecular weight is 459 g/mol. The summed E-state index contributed by atoms with van der Waals surface area (Å²) in [5.74, 6) is -2.42. The van der Waals surface area contributed by atoms with Gasteiger partial charge in [-0.15, -0.1) is 0 Å². The Balaban J connectivity index is 1.65. The molecule has 0 fully saturated rings. The topological polar surface area (TPSA) is 113 Å². The molecule has 0 spiro atoms. The van der Waals surface area contributed by atoms with Gasteiger partial charge in [-0.1, -0.05) is 18.5 Å². The third-order valence-corrected chi connectivity index (χ3v) is 4.87. The van der Waals surface area contributed by atoms with E-state index < -0.39 is 23.5 Å². The van der Waals surface area contributed by atoms with E-state index >= 15 is 0 Å². The molecular weight excluding hydrogens is 439 g/mol. The minimum atomic E-state index is -0.647. The van der Waals surface area contributed by atoms with Crippen molar-refractivity contribution < 1.29 is 23.2 Å². The smallest absolute Gasteiger partial charge is 0.293 e. The summed E-state index contributed by atoms with van der Waals surface area (Å²) in [6.45, 7) is 3.75. The highest BCUT2D eigenvalue weighted by Crippen LogP contribution is 2.20. The number of carbonyl (C=O) groups excluding carboxylic acids is 3. The number of rotatable bonds is 7. The van der Waals surface area contributed by atoms with E-state index in [0.29, 0.717) is 11.4 Å². The number of hydrogen-bond acceptors (Lipinski definition) is 5. The Morgan fingerprint density at radius 1 is 1.03 bits per heavy atom. The maximum absolute atomic E-state index is 13.1. The number of nitrogens with zero attached hydrogens (tertiary/aromatic N) is 1. The number of halogens is 2. The van der Waals surface area contributed by atoms with Gasteiger partial charge in [0.15, 0.2) is 12.1 Å². The van der Waals surface area contributed by atoms with Crippen LogP contribution < -0.4 is 16.0 Å². The van der Waals surface area contributed by atoms with Crippen molar-refractivity contribution in [2.75, 3.05) is 10.6 Å². The number of hydrogen-bond donors (Lipinski definition) is 3. The molecule has 0 aliphatic carbocycles. The molecule has 8 nitrogen and oxygen atoms in total. The molecule has 166 valence electrons. The van der Waals surface area contributed by atoms with E-state index in [1.807, 2.05) is 13.8 Å². The van der Waals surface area contributed by atoms with Crippen LogP contribution in [0, 0.1) is 5.82 Å². The minimum absolute atomic E-state index is 0.00777. The van der Waals surface area contributed by atoms with E-state index in [1.165, 1.54) is 6.07 Å². The summed E-state index contributed by atoms with van der Waals surface area (Å²) in [6.07, 6.45) is 1.75. The first-order chi connectivity index (χ1) is 15.3. The molecule has 0 bridgehead atoms. The van der Waals surface area contributed by atoms with Crippen LogP contribution in [0.15, 0.2) is 53.3 Å². The zero-order chi connectivity index (χ0) is 23.3. The van der Waals surface area contributed by atoms with Crippen LogP contribution in [0.1, 0.15) is 51.7 Å². The highest BCUT2D eigenvalue weighted by molar-refractivity contribution is 6.34. The Kier molecular flexibility index (Phi) is 7.21. The molecule has 1 heterocycles. The molecule has 32 heavy (non-hydrogen) atoms. The highest BCUT2D eigenvalue weighted by atomic mass is 35.5. The van der Waals surface area contributed by atoms with Gasteiger partial charge >= 0.3 is 0 Å². The van der Waals surface area contributed by atoms with Crippen molar-refractivity contribution in [1.82, 2.24) is 10.3 Å². The van der Waals surface area contributed by atoms with Crippen LogP contribution in [0.3, 0.4) is 0 Å². The number of anilines is 2. The molecule has 3 aromatic rings. The first kappa shape index (κ1) is 23.0. The maximum atomic E-state index is 13.1. The van der Waals surface area contributed by atoms with E-state index in [-0.39, 0.29) is 28.1 Å². The van der Waals surface area contributed by atoms with E-state index in [9.17, 15) is 18.8 Å². The molecule has 3 amide bonds. The predicted octanol–water partition coefficient (Wildman–Crippen LogP) is 4.50. The SMILES string of the molecule is CCC(C)NC(=O)c1ncoc1C(=O)Nc1ccc(NC(=O)c2ccc(F)cc2Cl)cc1. The van der Waals surface area contributed by atoms with Crippen molar-refractivity contribution in [2.45, 2.75) is 26.3 Å². The summed E-state index contributed by atoms with van der Waals surface area (Å²) in [5.41, 5.74) is 0.848. The lowest BCUT2D eigenvalue weighted by Crippen LogP contribution is -2.33. The van der Waals surface area contributed by atoms with Crippen molar-refractivity contribution in [1.29, 1.82) is 0 Å². The number of nitrogens with one attached hydrogen (secondary N) is 3. The molecule has 1 unspecified atom stereocenters. The van der Waals surface area contributed by atoms with Crippen LogP contribution >= 0.6 is 11.6 Å². The van der Waals surface area contributed by atoms with Gasteiger partial charge in [-0.2, -0.15) is 0 Å². The number of oxazole rings is 1. The van der Waals surface area contributed by atoms with Gasteiger partial charge in [0, 0.05) is 17.4 Å². The molecule has 0 aliphatic heterocycles. The van der Waals surface area contributed by atoms with Crippen LogP contribution in [0.2, 0.25) is 5.02 Å². The second kappa shape index (κ2) is 10.1. The average Bonchev–Trinajstić information content (AvgIpc) is 3.25. The van der Waals surface area contributed by atoms with E-state index in [0.717, 1.165) is 24.9 Å². The zero-order valence-corrected chi connectivity index (χ0v) is 18.0. The monoisotopic (exact) mass is 458 g/mol. The summed E-state index contributed by atoms with van der Waals surface area (Å²) in [7, 11) is 0. The number of carbonyl (C=O) groups is 3. The third-order valence-electron chi connectivity index (χ3n) is 4.56. The lowest BCUT2D eigenvalue weighted by Gasteiger charge is -2.10. The molecule has 2 aromatic carbocycles. The first-order valence-corrected chi connectivity index (χ1v) is 10.1. The van der Waals surface area contributed by atoms with Crippen molar-refractivity contribution in [2.24, 2.45) is 0 Å². The molecule has 1 aromatic heterocycles. The Morgan fingerprint density at radius 2 is 1.66 bits per heavy atom. The largest absolute Gasteiger partial charge is 0.437 e. The zero-order valence-electron chi connectivity index (χ0n) is 17.2. The van der Waals surface area contributed by atoms with Crippen LogP contribution in [-0.2, 0) is 0 Å². The molecule has 1 atom stereocenters. The minimum Gasteiger partial charge on any atom is -0.437 e. The Hall–Kier alpha value is -3.72. The Bertz CT molecular complexity index is 1150. The second-order valence-electron chi connectivity index (χ2n) is 6.92. The second-order valence-corrected chi connectivity index (χ2v) is 7.33. The van der Waals surface area contributed by atoms with Gasteiger partial charge in [0.1, 0.15) is 5.82 Å². The van der Waals surface area contributed by atoms with Crippen LogP contribution in [0.4, 0.5) is 15.8 Å². The normalized spacial score (nSPS) is 11.5. The number of amides is 3. The van der Waals surface area contributed by atoms with Crippen molar-refractivity contribution in [3.63, 3.8) is 0 Å². The summed E-state index contributed by atoms with van der Waals surface area (Å²) in [6, 6.07) is 9.61.